The van der Waals surface area contributed by atoms with Crippen LogP contribution in [0.2, 0.25) is 0 Å². The number of rotatable bonds is 8. The Bertz CT molecular complexity index is 1310. The molecule has 1 amide bonds. The number of nitrogens with one attached hydrogen (secondary N) is 1. The number of hydrogen-bond acceptors (Lipinski definition) is 4. The van der Waals surface area contributed by atoms with Crippen LogP contribution in [0.1, 0.15) is 58.2 Å². The minimum absolute atomic E-state index is 0.0178. The molecule has 2 N–H and O–H groups in total. The molecule has 0 aliphatic carbocycles. The smallest absolute Gasteiger partial charge is 0.416 e. The van der Waals surface area contributed by atoms with Gasteiger partial charge in [0.2, 0.25) is 0 Å². The fraction of sp³-hybridized carbons (Fsp3) is 0.321. The van der Waals surface area contributed by atoms with Crippen molar-refractivity contribution in [3.8, 4) is 0 Å². The molecule has 2 heterocycles. The average Bonchev–Trinajstić information content (AvgIpc) is 3.21. The summed E-state index contributed by atoms with van der Waals surface area (Å²) in [5, 5.41) is 12.1. The Labute approximate surface area is 217 Å². The van der Waals surface area contributed by atoms with Crippen molar-refractivity contribution >= 4 is 11.9 Å². The highest BCUT2D eigenvalue weighted by molar-refractivity contribution is 5.96. The molecule has 2 aromatic carbocycles. The Morgan fingerprint density at radius 2 is 1.71 bits per heavy atom. The van der Waals surface area contributed by atoms with Crippen molar-refractivity contribution in [3.63, 3.8) is 0 Å². The van der Waals surface area contributed by atoms with Gasteiger partial charge in [0.25, 0.3) is 5.91 Å². The fourth-order valence-corrected chi connectivity index (χ4v) is 4.75. The highest BCUT2D eigenvalue weighted by Gasteiger charge is 2.35. The number of amides is 1. The van der Waals surface area contributed by atoms with Crippen LogP contribution >= 0.6 is 0 Å². The first-order valence-corrected chi connectivity index (χ1v) is 12.1. The zero-order valence-electron chi connectivity index (χ0n) is 20.8. The Morgan fingerprint density at radius 1 is 1.08 bits per heavy atom. The number of carboxylic acids is 1. The molecule has 0 bridgehead atoms. The van der Waals surface area contributed by atoms with Crippen molar-refractivity contribution in [2.24, 2.45) is 5.92 Å². The minimum Gasteiger partial charge on any atom is -0.480 e. The molecule has 0 saturated heterocycles. The van der Waals surface area contributed by atoms with Crippen molar-refractivity contribution in [2.75, 3.05) is 0 Å². The summed E-state index contributed by atoms with van der Waals surface area (Å²) < 4.78 is 51.9. The number of nitrogens with zero attached hydrogens (tertiary/aromatic N) is 2. The van der Waals surface area contributed by atoms with Gasteiger partial charge in [0.15, 0.2) is 0 Å². The van der Waals surface area contributed by atoms with Crippen LogP contribution in [-0.4, -0.2) is 32.9 Å². The highest BCUT2D eigenvalue weighted by Crippen LogP contribution is 2.39. The van der Waals surface area contributed by atoms with Crippen LogP contribution in [0.15, 0.2) is 60.8 Å². The van der Waals surface area contributed by atoms with E-state index in [9.17, 15) is 32.3 Å². The molecule has 2 atom stereocenters. The molecule has 0 spiro atoms. The summed E-state index contributed by atoms with van der Waals surface area (Å²) in [5.41, 5.74) is 2.36. The van der Waals surface area contributed by atoms with Crippen LogP contribution in [0.4, 0.5) is 17.6 Å². The third-order valence-electron chi connectivity index (χ3n) is 6.57. The molecule has 1 aliphatic heterocycles. The molecule has 1 aromatic heterocycles. The Hall–Kier alpha value is -3.79. The maximum atomic E-state index is 13.2. The molecule has 1 aliphatic rings. The first-order valence-electron chi connectivity index (χ1n) is 12.1. The molecule has 6 nitrogen and oxygen atoms in total. The lowest BCUT2D eigenvalue weighted by Gasteiger charge is -2.27. The zero-order chi connectivity index (χ0) is 27.6. The van der Waals surface area contributed by atoms with Gasteiger partial charge in [-0.15, -0.1) is 0 Å². The molecule has 200 valence electrons. The maximum absolute atomic E-state index is 13.2. The van der Waals surface area contributed by atoms with E-state index in [0.29, 0.717) is 18.7 Å². The number of aliphatic carboxylic acids is 1. The van der Waals surface area contributed by atoms with Crippen molar-refractivity contribution in [2.45, 2.75) is 51.6 Å². The van der Waals surface area contributed by atoms with E-state index in [2.05, 4.69) is 15.2 Å². The SMILES string of the molecule is CC(C)C1c2ncc(C(=O)NC(Cc3ccc(F)cc3)C(=O)O)cc2CN1Cc1ccc(C(F)(F)F)cc1. The number of benzene rings is 2. The second kappa shape index (κ2) is 10.9. The van der Waals surface area contributed by atoms with E-state index >= 15 is 0 Å². The second-order valence-corrected chi connectivity index (χ2v) is 9.75. The molecule has 3 aromatic rings. The van der Waals surface area contributed by atoms with Gasteiger partial charge in [0.05, 0.1) is 22.9 Å². The number of carboxylic acid groups (broad SMARTS) is 1. The Balaban J connectivity index is 1.49. The summed E-state index contributed by atoms with van der Waals surface area (Å²) in [6.07, 6.45) is -3.01. The van der Waals surface area contributed by atoms with Gasteiger partial charge >= 0.3 is 12.1 Å². The number of pyridine rings is 1. The number of carbonyl (C=O) groups is 2. The quantitative estimate of drug-likeness (QED) is 0.383. The zero-order valence-corrected chi connectivity index (χ0v) is 20.8. The first kappa shape index (κ1) is 27.3. The minimum atomic E-state index is -4.40. The topological polar surface area (TPSA) is 82.5 Å². The summed E-state index contributed by atoms with van der Waals surface area (Å²) in [4.78, 5) is 31.3. The fourth-order valence-electron chi connectivity index (χ4n) is 4.75. The Morgan fingerprint density at radius 3 is 2.29 bits per heavy atom. The maximum Gasteiger partial charge on any atom is 0.416 e. The number of alkyl halides is 3. The monoisotopic (exact) mass is 529 g/mol. The molecule has 0 fully saturated rings. The van der Waals surface area contributed by atoms with Gasteiger partial charge in [-0.3, -0.25) is 14.7 Å². The molecule has 4 rings (SSSR count). The van der Waals surface area contributed by atoms with Crippen LogP contribution < -0.4 is 5.32 Å². The average molecular weight is 530 g/mol. The number of hydrogen-bond donors (Lipinski definition) is 2. The summed E-state index contributed by atoms with van der Waals surface area (Å²) >= 11 is 0. The molecule has 38 heavy (non-hydrogen) atoms. The van der Waals surface area contributed by atoms with Crippen LogP contribution in [0, 0.1) is 11.7 Å². The second-order valence-electron chi connectivity index (χ2n) is 9.75. The predicted octanol–water partition coefficient (Wildman–Crippen LogP) is 5.38. The van der Waals surface area contributed by atoms with Gasteiger partial charge in [-0.25, -0.2) is 9.18 Å². The van der Waals surface area contributed by atoms with Crippen molar-refractivity contribution in [1.82, 2.24) is 15.2 Å². The third-order valence-corrected chi connectivity index (χ3v) is 6.57. The van der Waals surface area contributed by atoms with E-state index < -0.39 is 35.5 Å². The van der Waals surface area contributed by atoms with E-state index in [0.717, 1.165) is 29.0 Å². The third kappa shape index (κ3) is 6.19. The van der Waals surface area contributed by atoms with Gasteiger partial charge in [-0.2, -0.15) is 13.2 Å². The molecule has 2 unspecified atom stereocenters. The van der Waals surface area contributed by atoms with Crippen molar-refractivity contribution in [3.05, 3.63) is 100 Å². The normalized spacial score (nSPS) is 16.3. The van der Waals surface area contributed by atoms with Crippen molar-refractivity contribution < 1.29 is 32.3 Å². The van der Waals surface area contributed by atoms with Gasteiger partial charge in [0.1, 0.15) is 11.9 Å². The lowest BCUT2D eigenvalue weighted by atomic mass is 9.99. The van der Waals surface area contributed by atoms with E-state index in [1.165, 1.54) is 42.6 Å². The van der Waals surface area contributed by atoms with Gasteiger partial charge < -0.3 is 10.4 Å². The molecule has 0 radical (unpaired) electrons. The summed E-state index contributed by atoms with van der Waals surface area (Å²) in [7, 11) is 0. The van der Waals surface area contributed by atoms with Crippen LogP contribution in [0.25, 0.3) is 0 Å². The molecular weight excluding hydrogens is 502 g/mol. The summed E-state index contributed by atoms with van der Waals surface area (Å²) in [5.74, 6) is -2.12. The molecule has 0 saturated carbocycles. The number of carbonyl (C=O) groups excluding carboxylic acids is 1. The Kier molecular flexibility index (Phi) is 7.82. The van der Waals surface area contributed by atoms with Crippen LogP contribution in [0.5, 0.6) is 0 Å². The molecule has 10 heteroatoms. The largest absolute Gasteiger partial charge is 0.480 e. The number of fused-ring (bicyclic) bond motifs is 1. The standard InChI is InChI=1S/C28H27F4N3O3/c1-16(2)25-24-20(15-35(25)14-18-3-7-21(8-4-18)28(30,31)32)12-19(13-33-24)26(36)34-23(27(37)38)11-17-5-9-22(29)10-6-17/h3-10,12-13,16,23,25H,11,14-15H2,1-2H3,(H,34,36)(H,37,38). The van der Waals surface area contributed by atoms with Crippen LogP contribution in [0.3, 0.4) is 0 Å². The highest BCUT2D eigenvalue weighted by atomic mass is 19.4. The van der Waals surface area contributed by atoms with E-state index in [1.807, 2.05) is 13.8 Å². The lowest BCUT2D eigenvalue weighted by Crippen LogP contribution is -2.42. The van der Waals surface area contributed by atoms with Gasteiger partial charge in [-0.05, 0) is 52.9 Å². The number of halogens is 4. The summed E-state index contributed by atoms with van der Waals surface area (Å²) in [6, 6.07) is 10.8. The lowest BCUT2D eigenvalue weighted by molar-refractivity contribution is -0.139. The van der Waals surface area contributed by atoms with Gasteiger partial charge in [0, 0.05) is 25.7 Å². The van der Waals surface area contributed by atoms with Crippen molar-refractivity contribution in [1.29, 1.82) is 0 Å². The van der Waals surface area contributed by atoms with E-state index in [4.69, 9.17) is 0 Å². The first-order chi connectivity index (χ1) is 17.9. The summed E-state index contributed by atoms with van der Waals surface area (Å²) in [6.45, 7) is 4.88. The van der Waals surface area contributed by atoms with E-state index in [1.54, 1.807) is 6.07 Å². The van der Waals surface area contributed by atoms with E-state index in [-0.39, 0.29) is 23.9 Å². The predicted molar refractivity (Wildman–Crippen MR) is 132 cm³/mol. The van der Waals surface area contributed by atoms with Crippen LogP contribution in [-0.2, 0) is 30.5 Å². The molecular formula is C28H27F4N3O3. The van der Waals surface area contributed by atoms with Gasteiger partial charge in [-0.1, -0.05) is 38.1 Å². The number of aromatic nitrogens is 1.